The number of benzene rings is 3. The first-order valence-corrected chi connectivity index (χ1v) is 10.8. The van der Waals surface area contributed by atoms with Gasteiger partial charge >= 0.3 is 0 Å². The summed E-state index contributed by atoms with van der Waals surface area (Å²) in [4.78, 5) is 28.0. The van der Waals surface area contributed by atoms with Gasteiger partial charge in [0.05, 0.1) is 17.9 Å². The summed E-state index contributed by atoms with van der Waals surface area (Å²) in [5.74, 6) is -0.736. The molecule has 33 heavy (non-hydrogen) atoms. The number of amides is 2. The predicted octanol–water partition coefficient (Wildman–Crippen LogP) is 5.63. The van der Waals surface area contributed by atoms with Crippen LogP contribution in [0.3, 0.4) is 0 Å². The van der Waals surface area contributed by atoms with E-state index in [0.717, 1.165) is 22.4 Å². The quantitative estimate of drug-likeness (QED) is 0.480. The third-order valence-corrected chi connectivity index (χ3v) is 5.54. The molecular weight excluding hydrogens is 419 g/mol. The van der Waals surface area contributed by atoms with Gasteiger partial charge in [-0.3, -0.25) is 9.59 Å². The van der Waals surface area contributed by atoms with Crippen molar-refractivity contribution in [1.29, 1.82) is 0 Å². The Balaban J connectivity index is 1.78. The molecule has 0 spiro atoms. The number of hydrogen-bond acceptors (Lipinski definition) is 4. The molecule has 168 valence electrons. The number of carbonyl (C=O) groups excluding carboxylic acids is 2. The molecule has 0 aliphatic carbocycles. The second kappa shape index (κ2) is 9.28. The van der Waals surface area contributed by atoms with E-state index < -0.39 is 17.6 Å². The highest BCUT2D eigenvalue weighted by Crippen LogP contribution is 2.35. The topological polar surface area (TPSA) is 58.6 Å². The lowest BCUT2D eigenvalue weighted by molar-refractivity contribution is -0.120. The maximum Gasteiger partial charge on any atom is 0.282 e. The maximum absolute atomic E-state index is 13.5. The number of anilines is 2. The molecule has 1 aliphatic rings. The van der Waals surface area contributed by atoms with E-state index in [0.29, 0.717) is 29.3 Å². The molecule has 0 radical (unpaired) electrons. The van der Waals surface area contributed by atoms with Crippen LogP contribution in [0.1, 0.15) is 30.0 Å². The highest BCUT2D eigenvalue weighted by molar-refractivity contribution is 6.46. The number of ether oxygens (including phenoxy) is 1. The number of nitrogens with zero attached hydrogens (tertiary/aromatic N) is 1. The Morgan fingerprint density at radius 2 is 1.67 bits per heavy atom. The molecule has 0 atom stereocenters. The van der Waals surface area contributed by atoms with Gasteiger partial charge in [-0.2, -0.15) is 0 Å². The minimum absolute atomic E-state index is 0.167. The molecular formula is C27H25FN2O3. The maximum atomic E-state index is 13.5. The Morgan fingerprint density at radius 3 is 2.36 bits per heavy atom. The van der Waals surface area contributed by atoms with Crippen LogP contribution in [-0.2, 0) is 9.59 Å². The zero-order chi connectivity index (χ0) is 23.5. The van der Waals surface area contributed by atoms with Crippen LogP contribution in [0.4, 0.5) is 15.8 Å². The number of hydrogen-bond donors (Lipinski definition) is 1. The molecule has 3 aromatic carbocycles. The first-order chi connectivity index (χ1) is 15.9. The molecule has 0 fully saturated rings. The molecule has 0 bridgehead atoms. The highest BCUT2D eigenvalue weighted by atomic mass is 19.1. The smallest absolute Gasteiger partial charge is 0.282 e. The molecule has 0 saturated heterocycles. The fraction of sp³-hybridized carbons (Fsp3) is 0.185. The second-order valence-corrected chi connectivity index (χ2v) is 7.97. The van der Waals surface area contributed by atoms with Crippen molar-refractivity contribution >= 4 is 28.8 Å². The minimum atomic E-state index is -0.500. The van der Waals surface area contributed by atoms with Gasteiger partial charge in [0.1, 0.15) is 17.3 Å². The summed E-state index contributed by atoms with van der Waals surface area (Å²) in [6, 6.07) is 18.2. The number of rotatable bonds is 7. The first kappa shape index (κ1) is 22.3. The van der Waals surface area contributed by atoms with E-state index in [-0.39, 0.29) is 11.3 Å². The van der Waals surface area contributed by atoms with Crippen molar-refractivity contribution in [2.75, 3.05) is 16.8 Å². The van der Waals surface area contributed by atoms with E-state index in [1.165, 1.54) is 24.3 Å². The zero-order valence-corrected chi connectivity index (χ0v) is 18.8. The molecule has 0 saturated carbocycles. The molecule has 5 nitrogen and oxygen atoms in total. The van der Waals surface area contributed by atoms with Crippen LogP contribution in [0, 0.1) is 19.7 Å². The summed E-state index contributed by atoms with van der Waals surface area (Å²) in [5.41, 5.74) is 4.11. The zero-order valence-electron chi connectivity index (χ0n) is 18.8. The van der Waals surface area contributed by atoms with Gasteiger partial charge in [0.15, 0.2) is 0 Å². The van der Waals surface area contributed by atoms with Gasteiger partial charge in [0.25, 0.3) is 11.8 Å². The predicted molar refractivity (Wildman–Crippen MR) is 128 cm³/mol. The third kappa shape index (κ3) is 4.51. The van der Waals surface area contributed by atoms with E-state index in [1.807, 2.05) is 57.2 Å². The van der Waals surface area contributed by atoms with Gasteiger partial charge < -0.3 is 10.1 Å². The van der Waals surface area contributed by atoms with E-state index in [9.17, 15) is 14.0 Å². The van der Waals surface area contributed by atoms with E-state index in [1.54, 1.807) is 6.07 Å². The normalized spacial score (nSPS) is 13.6. The molecule has 2 amide bonds. The largest absolute Gasteiger partial charge is 0.494 e. The van der Waals surface area contributed by atoms with E-state index in [2.05, 4.69) is 5.32 Å². The van der Waals surface area contributed by atoms with Crippen LogP contribution in [-0.4, -0.2) is 18.4 Å². The second-order valence-electron chi connectivity index (χ2n) is 7.97. The van der Waals surface area contributed by atoms with Crippen molar-refractivity contribution in [3.05, 3.63) is 94.9 Å². The lowest BCUT2D eigenvalue weighted by Crippen LogP contribution is -2.32. The van der Waals surface area contributed by atoms with Gasteiger partial charge in [0.2, 0.25) is 0 Å². The van der Waals surface area contributed by atoms with Crippen molar-refractivity contribution < 1.29 is 18.7 Å². The molecule has 1 aliphatic heterocycles. The van der Waals surface area contributed by atoms with Gasteiger partial charge in [-0.25, -0.2) is 9.29 Å². The summed E-state index contributed by atoms with van der Waals surface area (Å²) in [6.07, 6.45) is 0.874. The van der Waals surface area contributed by atoms with Crippen molar-refractivity contribution in [3.63, 3.8) is 0 Å². The monoisotopic (exact) mass is 444 g/mol. The molecule has 3 aromatic rings. The Bertz CT molecular complexity index is 1250. The SMILES string of the molecule is CCCOc1cccc(NC2=C(c3ccc(C)c(C)c3)C(=O)N(c3ccc(F)cc3)C2=O)c1. The van der Waals surface area contributed by atoms with Crippen LogP contribution >= 0.6 is 0 Å². The molecule has 4 rings (SSSR count). The van der Waals surface area contributed by atoms with Crippen molar-refractivity contribution in [3.8, 4) is 5.75 Å². The average Bonchev–Trinajstić information content (AvgIpc) is 3.04. The molecule has 1 N–H and O–H groups in total. The lowest BCUT2D eigenvalue weighted by atomic mass is 9.99. The number of halogens is 1. The Labute approximate surface area is 192 Å². The molecule has 0 aromatic heterocycles. The van der Waals surface area contributed by atoms with Gasteiger partial charge in [-0.15, -0.1) is 0 Å². The van der Waals surface area contributed by atoms with Crippen molar-refractivity contribution in [2.45, 2.75) is 27.2 Å². The summed E-state index contributed by atoms with van der Waals surface area (Å²) < 4.78 is 19.2. The number of imide groups is 1. The summed E-state index contributed by atoms with van der Waals surface area (Å²) >= 11 is 0. The minimum Gasteiger partial charge on any atom is -0.494 e. The van der Waals surface area contributed by atoms with Crippen molar-refractivity contribution in [2.24, 2.45) is 0 Å². The highest BCUT2D eigenvalue weighted by Gasteiger charge is 2.40. The Morgan fingerprint density at radius 1 is 0.909 bits per heavy atom. The summed E-state index contributed by atoms with van der Waals surface area (Å²) in [6.45, 7) is 6.55. The molecule has 0 unspecified atom stereocenters. The van der Waals surface area contributed by atoms with E-state index in [4.69, 9.17) is 4.74 Å². The van der Waals surface area contributed by atoms with Crippen LogP contribution in [0.2, 0.25) is 0 Å². The van der Waals surface area contributed by atoms with Crippen LogP contribution in [0.15, 0.2) is 72.4 Å². The Hall–Kier alpha value is -3.93. The number of nitrogens with one attached hydrogen (secondary N) is 1. The number of carbonyl (C=O) groups is 2. The van der Waals surface area contributed by atoms with Crippen LogP contribution in [0.5, 0.6) is 5.75 Å². The van der Waals surface area contributed by atoms with Gasteiger partial charge in [-0.05, 0) is 73.4 Å². The summed E-state index contributed by atoms with van der Waals surface area (Å²) in [5, 5.41) is 3.15. The molecule has 6 heteroatoms. The summed E-state index contributed by atoms with van der Waals surface area (Å²) in [7, 11) is 0. The van der Waals surface area contributed by atoms with Gasteiger partial charge in [0, 0.05) is 11.8 Å². The average molecular weight is 445 g/mol. The van der Waals surface area contributed by atoms with Gasteiger partial charge in [-0.1, -0.05) is 31.2 Å². The molecule has 1 heterocycles. The van der Waals surface area contributed by atoms with Crippen LogP contribution in [0.25, 0.3) is 5.57 Å². The van der Waals surface area contributed by atoms with Crippen molar-refractivity contribution in [1.82, 2.24) is 0 Å². The first-order valence-electron chi connectivity index (χ1n) is 10.8. The fourth-order valence-electron chi connectivity index (χ4n) is 3.66. The van der Waals surface area contributed by atoms with E-state index >= 15 is 0 Å². The Kier molecular flexibility index (Phi) is 6.27. The number of aryl methyl sites for hydroxylation is 2. The fourth-order valence-corrected chi connectivity index (χ4v) is 3.66. The van der Waals surface area contributed by atoms with Crippen LogP contribution < -0.4 is 15.0 Å². The standard InChI is InChI=1S/C27H25FN2O3/c1-4-14-33-23-7-5-6-21(16-23)29-25-24(19-9-8-17(2)18(3)15-19)26(31)30(27(25)32)22-12-10-20(28)11-13-22/h5-13,15-16,29H,4,14H2,1-3H3. The third-order valence-electron chi connectivity index (χ3n) is 5.54. The lowest BCUT2D eigenvalue weighted by Gasteiger charge is -2.15.